The summed E-state index contributed by atoms with van der Waals surface area (Å²) in [5.74, 6) is 0. The summed E-state index contributed by atoms with van der Waals surface area (Å²) >= 11 is 0. The van der Waals surface area contributed by atoms with Crippen LogP contribution in [-0.2, 0) is 0 Å². The van der Waals surface area contributed by atoms with Crippen LogP contribution in [0, 0.1) is 0 Å². The Kier molecular flexibility index (Phi) is 4.38. The maximum absolute atomic E-state index is 5.95. The van der Waals surface area contributed by atoms with Crippen molar-refractivity contribution in [2.24, 2.45) is 5.73 Å². The van der Waals surface area contributed by atoms with E-state index in [1.807, 2.05) is 0 Å². The minimum atomic E-state index is 0.218. The Morgan fingerprint density at radius 3 is 2.19 bits per heavy atom. The molecule has 96 valence electrons. The van der Waals surface area contributed by atoms with Gasteiger partial charge < -0.3 is 16.4 Å². The summed E-state index contributed by atoms with van der Waals surface area (Å²) in [5.41, 5.74) is 6.38. The molecule has 0 aromatic heterocycles. The lowest BCUT2D eigenvalue weighted by Gasteiger charge is -2.47. The maximum atomic E-state index is 5.95. The summed E-state index contributed by atoms with van der Waals surface area (Å²) in [6.45, 7) is 12.2. The third-order valence-corrected chi connectivity index (χ3v) is 3.38. The van der Waals surface area contributed by atoms with Gasteiger partial charge in [0, 0.05) is 29.7 Å². The lowest BCUT2D eigenvalue weighted by molar-refractivity contribution is 0.145. The van der Waals surface area contributed by atoms with E-state index in [0.717, 1.165) is 13.0 Å². The number of hydrogen-bond donors (Lipinski definition) is 3. The van der Waals surface area contributed by atoms with Gasteiger partial charge in [0.2, 0.25) is 0 Å². The van der Waals surface area contributed by atoms with Crippen LogP contribution in [0.1, 0.15) is 53.9 Å². The van der Waals surface area contributed by atoms with Gasteiger partial charge in [-0.15, -0.1) is 0 Å². The van der Waals surface area contributed by atoms with Crippen molar-refractivity contribution >= 4 is 0 Å². The van der Waals surface area contributed by atoms with Crippen LogP contribution in [0.5, 0.6) is 0 Å². The van der Waals surface area contributed by atoms with Gasteiger partial charge in [0.15, 0.2) is 0 Å². The molecule has 0 saturated carbocycles. The number of hydrogen-bond acceptors (Lipinski definition) is 3. The monoisotopic (exact) mass is 227 g/mol. The number of nitrogens with two attached hydrogens (primary N) is 1. The molecule has 1 aliphatic heterocycles. The molecule has 1 fully saturated rings. The topological polar surface area (TPSA) is 50.1 Å². The molecule has 3 nitrogen and oxygen atoms in total. The second-order valence-electron chi connectivity index (χ2n) is 6.57. The average Bonchev–Trinajstić information content (AvgIpc) is 2.09. The van der Waals surface area contributed by atoms with E-state index in [1.54, 1.807) is 0 Å². The highest BCUT2D eigenvalue weighted by Crippen LogP contribution is 2.28. The van der Waals surface area contributed by atoms with Gasteiger partial charge in [-0.2, -0.15) is 0 Å². The largest absolute Gasteiger partial charge is 0.327 e. The van der Waals surface area contributed by atoms with Crippen molar-refractivity contribution in [3.05, 3.63) is 0 Å². The average molecular weight is 227 g/mol. The summed E-state index contributed by atoms with van der Waals surface area (Å²) < 4.78 is 0. The fourth-order valence-electron chi connectivity index (χ4n) is 2.93. The Bertz CT molecular complexity index is 207. The summed E-state index contributed by atoms with van der Waals surface area (Å²) in [6.07, 6.45) is 3.39. The summed E-state index contributed by atoms with van der Waals surface area (Å²) in [6, 6.07) is 0.880. The number of piperidine rings is 1. The van der Waals surface area contributed by atoms with E-state index in [-0.39, 0.29) is 11.1 Å². The molecule has 0 aromatic carbocycles. The Labute approximate surface area is 101 Å². The third-order valence-electron chi connectivity index (χ3n) is 3.38. The van der Waals surface area contributed by atoms with Crippen LogP contribution in [0.15, 0.2) is 0 Å². The molecule has 0 spiro atoms. The zero-order valence-electron chi connectivity index (χ0n) is 11.6. The molecule has 0 aromatic rings. The first kappa shape index (κ1) is 13.9. The third kappa shape index (κ3) is 4.40. The minimum absolute atomic E-state index is 0.218. The van der Waals surface area contributed by atoms with Crippen LogP contribution in [0.3, 0.4) is 0 Å². The van der Waals surface area contributed by atoms with E-state index in [4.69, 9.17) is 5.73 Å². The van der Waals surface area contributed by atoms with Crippen LogP contribution in [0.2, 0.25) is 0 Å². The molecule has 1 unspecified atom stereocenters. The predicted molar refractivity (Wildman–Crippen MR) is 70.6 cm³/mol. The molecule has 4 N–H and O–H groups in total. The van der Waals surface area contributed by atoms with E-state index >= 15 is 0 Å². The fourth-order valence-corrected chi connectivity index (χ4v) is 2.93. The predicted octanol–water partition coefficient (Wildman–Crippen LogP) is 1.62. The summed E-state index contributed by atoms with van der Waals surface area (Å²) in [5, 5.41) is 7.31. The van der Waals surface area contributed by atoms with E-state index in [9.17, 15) is 0 Å². The molecule has 0 aliphatic carbocycles. The molecule has 1 atom stereocenters. The van der Waals surface area contributed by atoms with Gasteiger partial charge in [-0.1, -0.05) is 6.92 Å². The smallest absolute Gasteiger partial charge is 0.0162 e. The van der Waals surface area contributed by atoms with Crippen molar-refractivity contribution in [1.29, 1.82) is 0 Å². The van der Waals surface area contributed by atoms with Crippen molar-refractivity contribution in [3.8, 4) is 0 Å². The molecule has 0 bridgehead atoms. The van der Waals surface area contributed by atoms with Gasteiger partial charge in [-0.05, 0) is 47.0 Å². The van der Waals surface area contributed by atoms with Crippen molar-refractivity contribution in [2.45, 2.75) is 77.0 Å². The first-order valence-electron chi connectivity index (χ1n) is 6.52. The molecular formula is C13H29N3. The quantitative estimate of drug-likeness (QED) is 0.684. The van der Waals surface area contributed by atoms with Crippen molar-refractivity contribution < 1.29 is 0 Å². The highest BCUT2D eigenvalue weighted by Gasteiger charge is 2.37. The van der Waals surface area contributed by atoms with Crippen LogP contribution in [0.25, 0.3) is 0 Å². The van der Waals surface area contributed by atoms with Crippen LogP contribution >= 0.6 is 0 Å². The molecule has 1 saturated heterocycles. The zero-order valence-corrected chi connectivity index (χ0v) is 11.6. The molecule has 0 amide bonds. The first-order chi connectivity index (χ1) is 7.24. The first-order valence-corrected chi connectivity index (χ1v) is 6.52. The van der Waals surface area contributed by atoms with Gasteiger partial charge in [0.05, 0.1) is 0 Å². The second kappa shape index (κ2) is 5.03. The lowest BCUT2D eigenvalue weighted by atomic mass is 9.79. The lowest BCUT2D eigenvalue weighted by Crippen LogP contribution is -2.62. The molecule has 1 heterocycles. The van der Waals surface area contributed by atoms with Gasteiger partial charge in [0.1, 0.15) is 0 Å². The van der Waals surface area contributed by atoms with E-state index < -0.39 is 0 Å². The van der Waals surface area contributed by atoms with Crippen LogP contribution < -0.4 is 16.4 Å². The molecule has 1 rings (SSSR count). The zero-order chi connectivity index (χ0) is 12.4. The van der Waals surface area contributed by atoms with Crippen molar-refractivity contribution in [3.63, 3.8) is 0 Å². The van der Waals surface area contributed by atoms with Gasteiger partial charge in [0.25, 0.3) is 0 Å². The Hall–Kier alpha value is -0.120. The SMILES string of the molecule is CCC(N)CNC1CC(C)(C)NC(C)(C)C1. The maximum Gasteiger partial charge on any atom is 0.0162 e. The fraction of sp³-hybridized carbons (Fsp3) is 1.00. The highest BCUT2D eigenvalue weighted by molar-refractivity contribution is 4.99. The van der Waals surface area contributed by atoms with Crippen LogP contribution in [-0.4, -0.2) is 29.7 Å². The Balaban J connectivity index is 2.48. The van der Waals surface area contributed by atoms with Crippen molar-refractivity contribution in [2.75, 3.05) is 6.54 Å². The van der Waals surface area contributed by atoms with Gasteiger partial charge in [-0.3, -0.25) is 0 Å². The molecule has 16 heavy (non-hydrogen) atoms. The van der Waals surface area contributed by atoms with E-state index in [2.05, 4.69) is 45.3 Å². The summed E-state index contributed by atoms with van der Waals surface area (Å²) in [7, 11) is 0. The molecular weight excluding hydrogens is 198 g/mol. The van der Waals surface area contributed by atoms with Crippen LogP contribution in [0.4, 0.5) is 0 Å². The van der Waals surface area contributed by atoms with E-state index in [1.165, 1.54) is 12.8 Å². The van der Waals surface area contributed by atoms with Gasteiger partial charge >= 0.3 is 0 Å². The number of rotatable bonds is 4. The normalized spacial score (nSPS) is 26.6. The van der Waals surface area contributed by atoms with Gasteiger partial charge in [-0.25, -0.2) is 0 Å². The minimum Gasteiger partial charge on any atom is -0.327 e. The second-order valence-corrected chi connectivity index (χ2v) is 6.57. The molecule has 0 radical (unpaired) electrons. The summed E-state index contributed by atoms with van der Waals surface area (Å²) in [4.78, 5) is 0. The highest BCUT2D eigenvalue weighted by atomic mass is 15.1. The Morgan fingerprint density at radius 2 is 1.75 bits per heavy atom. The Morgan fingerprint density at radius 1 is 1.25 bits per heavy atom. The molecule has 1 aliphatic rings. The number of nitrogens with one attached hydrogen (secondary N) is 2. The van der Waals surface area contributed by atoms with E-state index in [0.29, 0.717) is 12.1 Å². The molecule has 3 heteroatoms. The van der Waals surface area contributed by atoms with Crippen molar-refractivity contribution in [1.82, 2.24) is 10.6 Å². The standard InChI is InChI=1S/C13H29N3/c1-6-10(14)9-15-11-7-12(2,3)16-13(4,5)8-11/h10-11,15-16H,6-9,14H2,1-5H3.